The second-order valence-electron chi connectivity index (χ2n) is 6.93. The summed E-state index contributed by atoms with van der Waals surface area (Å²) in [4.78, 5) is 24.2. The lowest BCUT2D eigenvalue weighted by molar-refractivity contribution is -0.129. The third-order valence-electron chi connectivity index (χ3n) is 4.35. The number of carbonyl (C=O) groups excluding carboxylic acids is 2. The quantitative estimate of drug-likeness (QED) is 0.334. The maximum atomic E-state index is 12.2. The van der Waals surface area contributed by atoms with E-state index in [9.17, 15) is 9.59 Å². The summed E-state index contributed by atoms with van der Waals surface area (Å²) >= 11 is 9.50. The minimum Gasteiger partial charge on any atom is -0.482 e. The summed E-state index contributed by atoms with van der Waals surface area (Å²) in [6.07, 6.45) is 1.39. The number of nitrogens with one attached hydrogen (secondary N) is 2. The molecule has 0 aliphatic carbocycles. The Morgan fingerprint density at radius 1 is 1.22 bits per heavy atom. The molecule has 1 aromatic heterocycles. The van der Waals surface area contributed by atoms with Crippen LogP contribution in [0.4, 0.5) is 0 Å². The minimum absolute atomic E-state index is 0.269. The molecule has 1 heterocycles. The summed E-state index contributed by atoms with van der Waals surface area (Å²) in [5.74, 6) is 0.583. The smallest absolute Gasteiger partial charge is 0.262 e. The van der Waals surface area contributed by atoms with Crippen molar-refractivity contribution in [2.75, 3.05) is 6.61 Å². The van der Waals surface area contributed by atoms with Gasteiger partial charge in [0.05, 0.1) is 11.2 Å². The highest BCUT2D eigenvalue weighted by molar-refractivity contribution is 9.10. The molecule has 0 radical (unpaired) electrons. The zero-order valence-corrected chi connectivity index (χ0v) is 19.7. The number of hydrogen-bond acceptors (Lipinski definition) is 5. The Balaban J connectivity index is 1.48. The van der Waals surface area contributed by atoms with E-state index in [1.807, 2.05) is 31.2 Å². The second-order valence-corrected chi connectivity index (χ2v) is 8.19. The first-order chi connectivity index (χ1) is 15.3. The first-order valence-corrected chi connectivity index (χ1v) is 10.9. The van der Waals surface area contributed by atoms with E-state index in [0.29, 0.717) is 22.3 Å². The Kier molecular flexibility index (Phi) is 8.08. The molecule has 2 N–H and O–H groups in total. The van der Waals surface area contributed by atoms with E-state index >= 15 is 0 Å². The van der Waals surface area contributed by atoms with Gasteiger partial charge in [0, 0.05) is 10.0 Å². The number of furan rings is 1. The van der Waals surface area contributed by atoms with Gasteiger partial charge in [-0.05, 0) is 55.8 Å². The molecule has 7 nitrogen and oxygen atoms in total. The Hall–Kier alpha value is -3.10. The number of aryl methyl sites for hydroxylation is 1. The number of para-hydroxylation sites is 1. The van der Waals surface area contributed by atoms with Crippen LogP contribution in [0.25, 0.3) is 11.3 Å². The Labute approximate surface area is 198 Å². The van der Waals surface area contributed by atoms with Crippen LogP contribution in [0.1, 0.15) is 18.2 Å². The van der Waals surface area contributed by atoms with Crippen molar-refractivity contribution < 1.29 is 18.7 Å². The molecule has 0 fully saturated rings. The molecule has 0 bridgehead atoms. The van der Waals surface area contributed by atoms with Crippen molar-refractivity contribution in [2.45, 2.75) is 19.9 Å². The molecule has 0 unspecified atom stereocenters. The van der Waals surface area contributed by atoms with Gasteiger partial charge >= 0.3 is 0 Å². The Bertz CT molecular complexity index is 1150. The number of carbonyl (C=O) groups is 2. The fourth-order valence-electron chi connectivity index (χ4n) is 2.70. The van der Waals surface area contributed by atoms with Crippen LogP contribution in [0.3, 0.4) is 0 Å². The number of rotatable bonds is 8. The molecular formula is C23H21BrClN3O4. The van der Waals surface area contributed by atoms with Crippen LogP contribution < -0.4 is 15.5 Å². The van der Waals surface area contributed by atoms with Crippen LogP contribution in [0.15, 0.2) is 68.6 Å². The van der Waals surface area contributed by atoms with Gasteiger partial charge < -0.3 is 14.5 Å². The van der Waals surface area contributed by atoms with Gasteiger partial charge in [-0.1, -0.05) is 45.7 Å². The predicted octanol–water partition coefficient (Wildman–Crippen LogP) is 4.70. The standard InChI is InChI=1S/C23H21BrClN3O4/c1-14-7-9-17(18(24)11-14)20-10-8-16(32-20)12-26-28-23(30)15(2)27-22(29)13-31-21-6-4-3-5-19(21)25/h3-12,15H,13H2,1-2H3,(H,27,29)(H,28,30)/b26-12-/t15-/m1/s1. The molecular weight excluding hydrogens is 498 g/mol. The van der Waals surface area contributed by atoms with E-state index < -0.39 is 17.9 Å². The van der Waals surface area contributed by atoms with Crippen molar-refractivity contribution in [3.63, 3.8) is 0 Å². The monoisotopic (exact) mass is 517 g/mol. The largest absolute Gasteiger partial charge is 0.482 e. The lowest BCUT2D eigenvalue weighted by atomic mass is 10.1. The third kappa shape index (κ3) is 6.45. The molecule has 0 saturated carbocycles. The Morgan fingerprint density at radius 3 is 2.75 bits per heavy atom. The van der Waals surface area contributed by atoms with Gasteiger partial charge in [-0.25, -0.2) is 5.43 Å². The number of halogens is 2. The maximum Gasteiger partial charge on any atom is 0.262 e. The molecule has 166 valence electrons. The lowest BCUT2D eigenvalue weighted by Crippen LogP contribution is -2.45. The number of amides is 2. The molecule has 9 heteroatoms. The van der Waals surface area contributed by atoms with E-state index in [4.69, 9.17) is 20.8 Å². The van der Waals surface area contributed by atoms with E-state index in [1.165, 1.54) is 13.1 Å². The fourth-order valence-corrected chi connectivity index (χ4v) is 3.58. The summed E-state index contributed by atoms with van der Waals surface area (Å²) in [5, 5.41) is 6.82. The Morgan fingerprint density at radius 2 is 2.00 bits per heavy atom. The van der Waals surface area contributed by atoms with Gasteiger partial charge in [0.2, 0.25) is 0 Å². The van der Waals surface area contributed by atoms with Crippen molar-refractivity contribution in [3.05, 3.63) is 75.4 Å². The van der Waals surface area contributed by atoms with E-state index in [-0.39, 0.29) is 6.61 Å². The molecule has 3 aromatic rings. The number of nitrogens with zero attached hydrogens (tertiary/aromatic N) is 1. The van der Waals surface area contributed by atoms with Crippen LogP contribution in [-0.2, 0) is 9.59 Å². The van der Waals surface area contributed by atoms with Gasteiger partial charge in [-0.15, -0.1) is 0 Å². The van der Waals surface area contributed by atoms with E-state index in [0.717, 1.165) is 15.6 Å². The highest BCUT2D eigenvalue weighted by atomic mass is 79.9. The average molecular weight is 519 g/mol. The lowest BCUT2D eigenvalue weighted by Gasteiger charge is -2.13. The van der Waals surface area contributed by atoms with Crippen LogP contribution in [0, 0.1) is 6.92 Å². The molecule has 2 amide bonds. The van der Waals surface area contributed by atoms with E-state index in [2.05, 4.69) is 31.8 Å². The van der Waals surface area contributed by atoms with Crippen molar-refractivity contribution >= 4 is 45.6 Å². The van der Waals surface area contributed by atoms with E-state index in [1.54, 1.807) is 30.3 Å². The highest BCUT2D eigenvalue weighted by Crippen LogP contribution is 2.30. The van der Waals surface area contributed by atoms with Crippen molar-refractivity contribution in [1.29, 1.82) is 0 Å². The zero-order chi connectivity index (χ0) is 23.1. The summed E-state index contributed by atoms with van der Waals surface area (Å²) in [5.41, 5.74) is 4.42. The van der Waals surface area contributed by atoms with Gasteiger partial charge in [-0.3, -0.25) is 9.59 Å². The normalized spacial score (nSPS) is 11.9. The minimum atomic E-state index is -0.815. The highest BCUT2D eigenvalue weighted by Gasteiger charge is 2.16. The number of ether oxygens (including phenoxy) is 1. The van der Waals surface area contributed by atoms with Crippen molar-refractivity contribution in [2.24, 2.45) is 5.10 Å². The summed E-state index contributed by atoms with van der Waals surface area (Å²) in [6.45, 7) is 3.28. The summed E-state index contributed by atoms with van der Waals surface area (Å²) < 4.78 is 12.0. The molecule has 2 aromatic carbocycles. The molecule has 0 spiro atoms. The first-order valence-electron chi connectivity index (χ1n) is 9.69. The summed E-state index contributed by atoms with van der Waals surface area (Å²) in [6, 6.07) is 15.5. The molecule has 0 aliphatic rings. The molecule has 3 rings (SSSR count). The van der Waals surface area contributed by atoms with Crippen LogP contribution >= 0.6 is 27.5 Å². The second kappa shape index (κ2) is 11.0. The molecule has 32 heavy (non-hydrogen) atoms. The van der Waals surface area contributed by atoms with Crippen molar-refractivity contribution in [3.8, 4) is 17.1 Å². The van der Waals surface area contributed by atoms with Gasteiger partial charge in [0.1, 0.15) is 23.3 Å². The summed E-state index contributed by atoms with van der Waals surface area (Å²) in [7, 11) is 0. The van der Waals surface area contributed by atoms with Crippen molar-refractivity contribution in [1.82, 2.24) is 10.7 Å². The number of benzene rings is 2. The predicted molar refractivity (Wildman–Crippen MR) is 127 cm³/mol. The van der Waals surface area contributed by atoms with Gasteiger partial charge in [0.15, 0.2) is 6.61 Å². The molecule has 1 atom stereocenters. The third-order valence-corrected chi connectivity index (χ3v) is 5.32. The average Bonchev–Trinajstić information content (AvgIpc) is 3.21. The fraction of sp³-hybridized carbons (Fsp3) is 0.174. The van der Waals surface area contributed by atoms with Crippen LogP contribution in [-0.4, -0.2) is 30.7 Å². The van der Waals surface area contributed by atoms with Crippen LogP contribution in [0.5, 0.6) is 5.75 Å². The molecule has 0 saturated heterocycles. The molecule has 0 aliphatic heterocycles. The number of hydrogen-bond donors (Lipinski definition) is 2. The van der Waals surface area contributed by atoms with Crippen LogP contribution in [0.2, 0.25) is 5.02 Å². The topological polar surface area (TPSA) is 92.9 Å². The number of hydrazone groups is 1. The van der Waals surface area contributed by atoms with Gasteiger partial charge in [-0.2, -0.15) is 5.10 Å². The first kappa shape index (κ1) is 23.6. The van der Waals surface area contributed by atoms with Gasteiger partial charge in [0.25, 0.3) is 11.8 Å². The zero-order valence-electron chi connectivity index (χ0n) is 17.4. The maximum absolute atomic E-state index is 12.2. The SMILES string of the molecule is Cc1ccc(-c2ccc(/C=N\NC(=O)[C@@H](C)NC(=O)COc3ccccc3Cl)o2)c(Br)c1.